The normalized spacial score (nSPS) is 10.8. The van der Waals surface area contributed by atoms with Gasteiger partial charge >= 0.3 is 0 Å². The molecule has 0 radical (unpaired) electrons. The molecule has 74 valence electrons. The summed E-state index contributed by atoms with van der Waals surface area (Å²) in [5.74, 6) is 0.549. The molecular formula is C10H8ClIOS. The lowest BCUT2D eigenvalue weighted by Gasteiger charge is -1.98. The third kappa shape index (κ3) is 1.85. The van der Waals surface area contributed by atoms with Gasteiger partial charge < -0.3 is 4.74 Å². The van der Waals surface area contributed by atoms with E-state index >= 15 is 0 Å². The molecule has 0 fully saturated rings. The molecule has 0 aliphatic carbocycles. The fourth-order valence-corrected chi connectivity index (χ4v) is 3.44. The van der Waals surface area contributed by atoms with Gasteiger partial charge in [0, 0.05) is 19.5 Å². The molecule has 0 saturated heterocycles. The van der Waals surface area contributed by atoms with Crippen molar-refractivity contribution in [1.29, 1.82) is 0 Å². The largest absolute Gasteiger partial charge is 0.487 e. The van der Waals surface area contributed by atoms with Crippen molar-refractivity contribution in [2.24, 2.45) is 0 Å². The number of halogens is 2. The number of methoxy groups -OCH3 is 1. The zero-order valence-electron chi connectivity index (χ0n) is 7.51. The first-order valence-electron chi connectivity index (χ1n) is 4.06. The number of alkyl halides is 1. The average molecular weight is 339 g/mol. The second kappa shape index (κ2) is 4.24. The molecule has 0 unspecified atom stereocenters. The highest BCUT2D eigenvalue weighted by atomic mass is 127. The predicted octanol–water partition coefficient (Wildman–Crippen LogP) is 4.25. The van der Waals surface area contributed by atoms with Crippen LogP contribution in [0.25, 0.3) is 10.1 Å². The van der Waals surface area contributed by atoms with Crippen LogP contribution < -0.4 is 4.74 Å². The van der Waals surface area contributed by atoms with Crippen LogP contribution in [0.3, 0.4) is 0 Å². The Bertz CT molecular complexity index is 466. The summed E-state index contributed by atoms with van der Waals surface area (Å²) in [6, 6.07) is 6.31. The Hall–Kier alpha value is -0.0000000000000000833. The molecule has 0 amide bonds. The summed E-state index contributed by atoms with van der Waals surface area (Å²) in [5.41, 5.74) is 1.17. The van der Waals surface area contributed by atoms with E-state index in [2.05, 4.69) is 34.7 Å². The lowest BCUT2D eigenvalue weighted by Crippen LogP contribution is -1.80. The summed E-state index contributed by atoms with van der Waals surface area (Å²) in [7, 11) is 1.69. The van der Waals surface area contributed by atoms with Crippen LogP contribution in [-0.4, -0.2) is 7.11 Å². The fourth-order valence-electron chi connectivity index (χ4n) is 1.36. The van der Waals surface area contributed by atoms with Crippen LogP contribution in [0.2, 0.25) is 0 Å². The van der Waals surface area contributed by atoms with Gasteiger partial charge in [-0.15, -0.1) is 11.6 Å². The van der Waals surface area contributed by atoms with Crippen molar-refractivity contribution in [3.63, 3.8) is 0 Å². The molecular weight excluding hydrogens is 331 g/mol. The third-order valence-corrected chi connectivity index (χ3v) is 3.96. The Labute approximate surface area is 105 Å². The number of thiophene rings is 1. The second-order valence-corrected chi connectivity index (χ2v) is 5.44. The van der Waals surface area contributed by atoms with Gasteiger partial charge in [0.25, 0.3) is 0 Å². The lowest BCUT2D eigenvalue weighted by molar-refractivity contribution is 0.427. The van der Waals surface area contributed by atoms with Gasteiger partial charge in [0.05, 0.1) is 7.11 Å². The van der Waals surface area contributed by atoms with Crippen LogP contribution in [0, 0.1) is 3.57 Å². The van der Waals surface area contributed by atoms with E-state index in [9.17, 15) is 0 Å². The highest BCUT2D eigenvalue weighted by Crippen LogP contribution is 2.35. The van der Waals surface area contributed by atoms with Crippen molar-refractivity contribution in [3.05, 3.63) is 27.3 Å². The van der Waals surface area contributed by atoms with Crippen LogP contribution in [0.15, 0.2) is 18.2 Å². The van der Waals surface area contributed by atoms with Gasteiger partial charge in [0.1, 0.15) is 0 Å². The van der Waals surface area contributed by atoms with Gasteiger partial charge in [0.2, 0.25) is 0 Å². The zero-order chi connectivity index (χ0) is 10.1. The van der Waals surface area contributed by atoms with E-state index in [1.54, 1.807) is 18.4 Å². The van der Waals surface area contributed by atoms with Crippen molar-refractivity contribution < 1.29 is 4.74 Å². The van der Waals surface area contributed by atoms with Gasteiger partial charge in [-0.05, 0) is 46.4 Å². The molecule has 0 spiro atoms. The van der Waals surface area contributed by atoms with Crippen LogP contribution in [0.5, 0.6) is 5.06 Å². The van der Waals surface area contributed by atoms with E-state index in [1.807, 2.05) is 6.07 Å². The lowest BCUT2D eigenvalue weighted by atomic mass is 10.1. The van der Waals surface area contributed by atoms with Crippen LogP contribution in [0.4, 0.5) is 0 Å². The molecule has 1 heterocycles. The highest BCUT2D eigenvalue weighted by molar-refractivity contribution is 14.1. The maximum atomic E-state index is 5.89. The predicted molar refractivity (Wildman–Crippen MR) is 70.7 cm³/mol. The topological polar surface area (TPSA) is 9.23 Å². The molecule has 2 rings (SSSR count). The van der Waals surface area contributed by atoms with Crippen LogP contribution in [0.1, 0.15) is 5.56 Å². The Morgan fingerprint density at radius 3 is 2.86 bits per heavy atom. The number of fused-ring (bicyclic) bond motifs is 1. The van der Waals surface area contributed by atoms with E-state index in [0.717, 1.165) is 5.06 Å². The highest BCUT2D eigenvalue weighted by Gasteiger charge is 2.07. The molecule has 0 saturated carbocycles. The van der Waals surface area contributed by atoms with E-state index in [1.165, 1.54) is 19.2 Å². The van der Waals surface area contributed by atoms with Crippen LogP contribution in [-0.2, 0) is 5.88 Å². The van der Waals surface area contributed by atoms with E-state index in [-0.39, 0.29) is 0 Å². The zero-order valence-corrected chi connectivity index (χ0v) is 11.2. The summed E-state index contributed by atoms with van der Waals surface area (Å²) >= 11 is 9.85. The summed E-state index contributed by atoms with van der Waals surface area (Å²) < 4.78 is 7.67. The molecule has 14 heavy (non-hydrogen) atoms. The third-order valence-electron chi connectivity index (χ3n) is 2.01. The molecule has 2 aromatic rings. The summed E-state index contributed by atoms with van der Waals surface area (Å²) in [5, 5.41) is 2.15. The average Bonchev–Trinajstić information content (AvgIpc) is 2.59. The van der Waals surface area contributed by atoms with E-state index in [0.29, 0.717) is 5.88 Å². The molecule has 0 bridgehead atoms. The number of rotatable bonds is 2. The number of benzene rings is 1. The van der Waals surface area contributed by atoms with Crippen molar-refractivity contribution in [2.75, 3.05) is 7.11 Å². The summed E-state index contributed by atoms with van der Waals surface area (Å²) in [6.07, 6.45) is 0. The standard InChI is InChI=1S/C10H8ClIOS/c1-13-10-4-8-6(5-11)2-7(12)3-9(8)14-10/h2-4H,5H2,1H3. The summed E-state index contributed by atoms with van der Waals surface area (Å²) in [6.45, 7) is 0. The van der Waals surface area contributed by atoms with Crippen molar-refractivity contribution in [3.8, 4) is 5.06 Å². The molecule has 0 N–H and O–H groups in total. The van der Waals surface area contributed by atoms with Gasteiger partial charge in [-0.25, -0.2) is 0 Å². The number of hydrogen-bond acceptors (Lipinski definition) is 2. The first-order valence-corrected chi connectivity index (χ1v) is 6.49. The second-order valence-electron chi connectivity index (χ2n) is 2.88. The van der Waals surface area contributed by atoms with Gasteiger partial charge in [0.15, 0.2) is 5.06 Å². The van der Waals surface area contributed by atoms with Crippen molar-refractivity contribution in [2.45, 2.75) is 5.88 Å². The molecule has 0 aliphatic heterocycles. The SMILES string of the molecule is COc1cc2c(CCl)cc(I)cc2s1. The van der Waals surface area contributed by atoms with Crippen molar-refractivity contribution >= 4 is 55.6 Å². The molecule has 1 aromatic carbocycles. The number of ether oxygens (including phenoxy) is 1. The quantitative estimate of drug-likeness (QED) is 0.587. The molecule has 0 aliphatic rings. The molecule has 0 atom stereocenters. The maximum absolute atomic E-state index is 5.89. The first kappa shape index (κ1) is 10.5. The van der Waals surface area contributed by atoms with E-state index < -0.39 is 0 Å². The van der Waals surface area contributed by atoms with Crippen molar-refractivity contribution in [1.82, 2.24) is 0 Å². The molecule has 1 nitrogen and oxygen atoms in total. The summed E-state index contributed by atoms with van der Waals surface area (Å²) in [4.78, 5) is 0. The van der Waals surface area contributed by atoms with Gasteiger partial charge in [-0.1, -0.05) is 11.3 Å². The van der Waals surface area contributed by atoms with E-state index in [4.69, 9.17) is 16.3 Å². The van der Waals surface area contributed by atoms with Crippen LogP contribution >= 0.6 is 45.5 Å². The smallest absolute Gasteiger partial charge is 0.174 e. The fraction of sp³-hybridized carbons (Fsp3) is 0.200. The molecule has 4 heteroatoms. The Morgan fingerprint density at radius 1 is 1.43 bits per heavy atom. The maximum Gasteiger partial charge on any atom is 0.174 e. The Balaban J connectivity index is 2.71. The minimum absolute atomic E-state index is 0.549. The number of hydrogen-bond donors (Lipinski definition) is 0. The minimum atomic E-state index is 0.549. The Morgan fingerprint density at radius 2 is 2.21 bits per heavy atom. The van der Waals surface area contributed by atoms with Gasteiger partial charge in [-0.2, -0.15) is 0 Å². The first-order chi connectivity index (χ1) is 6.74. The molecule has 1 aromatic heterocycles. The minimum Gasteiger partial charge on any atom is -0.487 e. The Kier molecular flexibility index (Phi) is 3.19. The van der Waals surface area contributed by atoms with Gasteiger partial charge in [-0.3, -0.25) is 0 Å². The monoisotopic (exact) mass is 338 g/mol.